The first kappa shape index (κ1) is 25.2. The van der Waals surface area contributed by atoms with Gasteiger partial charge in [0.15, 0.2) is 0 Å². The fourth-order valence-corrected chi connectivity index (χ4v) is 3.95. The van der Waals surface area contributed by atoms with Gasteiger partial charge >= 0.3 is 6.18 Å². The second kappa shape index (κ2) is 11.3. The molecule has 1 aliphatic rings. The van der Waals surface area contributed by atoms with E-state index in [1.807, 2.05) is 47.4 Å². The molecule has 4 rings (SSSR count). The number of nitrogens with one attached hydrogen (secondary N) is 1. The van der Waals surface area contributed by atoms with Gasteiger partial charge in [0.05, 0.1) is 17.8 Å². The van der Waals surface area contributed by atoms with E-state index in [2.05, 4.69) is 5.32 Å². The van der Waals surface area contributed by atoms with E-state index in [0.29, 0.717) is 38.3 Å². The van der Waals surface area contributed by atoms with Crippen molar-refractivity contribution in [2.75, 3.05) is 38.0 Å². The maximum absolute atomic E-state index is 13.1. The first-order valence-electron chi connectivity index (χ1n) is 11.5. The molecule has 3 aromatic carbocycles. The Kier molecular flexibility index (Phi) is 7.90. The zero-order valence-electron chi connectivity index (χ0n) is 19.5. The minimum atomic E-state index is -4.55. The molecule has 0 atom stereocenters. The van der Waals surface area contributed by atoms with Crippen LogP contribution in [0.1, 0.15) is 21.5 Å². The van der Waals surface area contributed by atoms with Gasteiger partial charge in [0.25, 0.3) is 5.91 Å². The van der Waals surface area contributed by atoms with Crippen LogP contribution >= 0.6 is 0 Å². The lowest BCUT2D eigenvalue weighted by atomic mass is 10.1. The van der Waals surface area contributed by atoms with Crippen LogP contribution in [0.4, 0.5) is 18.9 Å². The number of piperazine rings is 1. The second-order valence-electron chi connectivity index (χ2n) is 8.46. The van der Waals surface area contributed by atoms with Crippen LogP contribution in [0, 0.1) is 0 Å². The molecule has 36 heavy (non-hydrogen) atoms. The molecule has 0 aliphatic carbocycles. The van der Waals surface area contributed by atoms with Crippen molar-refractivity contribution in [1.29, 1.82) is 0 Å². The van der Waals surface area contributed by atoms with Gasteiger partial charge in [-0.25, -0.2) is 0 Å². The van der Waals surface area contributed by atoms with E-state index in [1.165, 1.54) is 18.2 Å². The van der Waals surface area contributed by atoms with E-state index in [-0.39, 0.29) is 18.1 Å². The van der Waals surface area contributed by atoms with Crippen molar-refractivity contribution in [3.63, 3.8) is 0 Å². The van der Waals surface area contributed by atoms with Gasteiger partial charge in [-0.2, -0.15) is 13.2 Å². The van der Waals surface area contributed by atoms with Crippen LogP contribution in [0.2, 0.25) is 0 Å². The van der Waals surface area contributed by atoms with E-state index in [0.717, 1.165) is 17.4 Å². The minimum absolute atomic E-state index is 0.0513. The number of carbonyl (C=O) groups excluding carboxylic acids is 2. The molecular formula is C27H26F3N3O3. The third-order valence-corrected chi connectivity index (χ3v) is 5.88. The van der Waals surface area contributed by atoms with Crippen LogP contribution in [0.15, 0.2) is 78.9 Å². The van der Waals surface area contributed by atoms with Gasteiger partial charge in [-0.15, -0.1) is 0 Å². The van der Waals surface area contributed by atoms with E-state index in [1.54, 1.807) is 17.0 Å². The molecule has 0 bridgehead atoms. The van der Waals surface area contributed by atoms with Gasteiger partial charge in [0.1, 0.15) is 12.4 Å². The van der Waals surface area contributed by atoms with Crippen molar-refractivity contribution in [3.8, 4) is 5.75 Å². The molecule has 2 amide bonds. The van der Waals surface area contributed by atoms with Crippen molar-refractivity contribution in [2.24, 2.45) is 0 Å². The third kappa shape index (κ3) is 6.63. The molecule has 1 heterocycles. The molecule has 0 radical (unpaired) electrons. The number of amides is 2. The van der Waals surface area contributed by atoms with Crippen LogP contribution in [-0.2, 0) is 17.6 Å². The highest BCUT2D eigenvalue weighted by atomic mass is 19.4. The summed E-state index contributed by atoms with van der Waals surface area (Å²) in [5, 5.41) is 2.36. The van der Waals surface area contributed by atoms with Crippen LogP contribution < -0.4 is 10.1 Å². The second-order valence-corrected chi connectivity index (χ2v) is 8.46. The number of hydrogen-bond acceptors (Lipinski definition) is 4. The highest BCUT2D eigenvalue weighted by Gasteiger charge is 2.33. The summed E-state index contributed by atoms with van der Waals surface area (Å²) in [5.41, 5.74) is 0.361. The predicted octanol–water partition coefficient (Wildman–Crippen LogP) is 4.68. The van der Waals surface area contributed by atoms with Crippen LogP contribution in [0.3, 0.4) is 0 Å². The molecule has 3 aromatic rings. The number of alkyl halides is 3. The molecule has 1 fully saturated rings. The topological polar surface area (TPSA) is 61.9 Å². The SMILES string of the molecule is O=C(CN1CCN(C(=O)c2ccc(COc3ccccc3)cc2)CC1)Nc1ccccc1C(F)(F)F. The van der Waals surface area contributed by atoms with E-state index >= 15 is 0 Å². The molecule has 6 nitrogen and oxygen atoms in total. The number of halogens is 3. The summed E-state index contributed by atoms with van der Waals surface area (Å²) in [5.74, 6) is 0.141. The lowest BCUT2D eigenvalue weighted by molar-refractivity contribution is -0.137. The van der Waals surface area contributed by atoms with Crippen molar-refractivity contribution in [3.05, 3.63) is 95.6 Å². The lowest BCUT2D eigenvalue weighted by Crippen LogP contribution is -2.50. The molecule has 0 unspecified atom stereocenters. The summed E-state index contributed by atoms with van der Waals surface area (Å²) in [6.07, 6.45) is -4.55. The number of para-hydroxylation sites is 2. The molecule has 188 valence electrons. The summed E-state index contributed by atoms with van der Waals surface area (Å²) in [6, 6.07) is 21.6. The number of carbonyl (C=O) groups is 2. The highest BCUT2D eigenvalue weighted by Crippen LogP contribution is 2.34. The fraction of sp³-hybridized carbons (Fsp3) is 0.259. The van der Waals surface area contributed by atoms with Crippen molar-refractivity contribution in [1.82, 2.24) is 9.80 Å². The van der Waals surface area contributed by atoms with E-state index in [4.69, 9.17) is 4.74 Å². The average molecular weight is 498 g/mol. The molecule has 0 spiro atoms. The normalized spacial score (nSPS) is 14.4. The van der Waals surface area contributed by atoms with E-state index < -0.39 is 17.6 Å². The molecule has 0 aromatic heterocycles. The number of anilines is 1. The number of hydrogen-bond donors (Lipinski definition) is 1. The van der Waals surface area contributed by atoms with Crippen molar-refractivity contribution in [2.45, 2.75) is 12.8 Å². The summed E-state index contributed by atoms with van der Waals surface area (Å²) in [6.45, 7) is 2.08. The third-order valence-electron chi connectivity index (χ3n) is 5.88. The minimum Gasteiger partial charge on any atom is -0.489 e. The molecule has 1 aliphatic heterocycles. The average Bonchev–Trinajstić information content (AvgIpc) is 2.88. The maximum atomic E-state index is 13.1. The number of rotatable bonds is 7. The number of ether oxygens (including phenoxy) is 1. The van der Waals surface area contributed by atoms with E-state index in [9.17, 15) is 22.8 Å². The smallest absolute Gasteiger partial charge is 0.418 e. The molecule has 1 N–H and O–H groups in total. The van der Waals surface area contributed by atoms with Gasteiger partial charge in [0, 0.05) is 31.7 Å². The Labute approximate surface area is 207 Å². The summed E-state index contributed by atoms with van der Waals surface area (Å²) in [7, 11) is 0. The summed E-state index contributed by atoms with van der Waals surface area (Å²) >= 11 is 0. The highest BCUT2D eigenvalue weighted by molar-refractivity contribution is 5.94. The van der Waals surface area contributed by atoms with Crippen LogP contribution in [0.5, 0.6) is 5.75 Å². The van der Waals surface area contributed by atoms with Crippen molar-refractivity contribution < 1.29 is 27.5 Å². The van der Waals surface area contributed by atoms with Crippen LogP contribution in [0.25, 0.3) is 0 Å². The van der Waals surface area contributed by atoms with Crippen LogP contribution in [-0.4, -0.2) is 54.3 Å². The Hall–Kier alpha value is -3.85. The Morgan fingerprint density at radius 1 is 0.833 bits per heavy atom. The first-order chi connectivity index (χ1) is 17.3. The van der Waals surface area contributed by atoms with Gasteiger partial charge in [-0.05, 0) is 42.0 Å². The predicted molar refractivity (Wildman–Crippen MR) is 130 cm³/mol. The quantitative estimate of drug-likeness (QED) is 0.515. The number of benzene rings is 3. The summed E-state index contributed by atoms with van der Waals surface area (Å²) < 4.78 is 45.1. The first-order valence-corrected chi connectivity index (χ1v) is 11.5. The monoisotopic (exact) mass is 497 g/mol. The van der Waals surface area contributed by atoms with Gasteiger partial charge < -0.3 is 15.0 Å². The summed E-state index contributed by atoms with van der Waals surface area (Å²) in [4.78, 5) is 28.8. The zero-order chi connectivity index (χ0) is 25.5. The maximum Gasteiger partial charge on any atom is 0.418 e. The Bertz CT molecular complexity index is 1180. The van der Waals surface area contributed by atoms with Crippen molar-refractivity contribution >= 4 is 17.5 Å². The molecule has 9 heteroatoms. The number of nitrogens with zero attached hydrogens (tertiary/aromatic N) is 2. The Morgan fingerprint density at radius 2 is 1.47 bits per heavy atom. The Morgan fingerprint density at radius 3 is 2.14 bits per heavy atom. The molecule has 1 saturated heterocycles. The Balaban J connectivity index is 1.25. The fourth-order valence-electron chi connectivity index (χ4n) is 3.95. The standard InChI is InChI=1S/C27H26F3N3O3/c28-27(29,30)23-8-4-5-9-24(23)31-25(34)18-32-14-16-33(17-15-32)26(35)21-12-10-20(11-13-21)19-36-22-6-2-1-3-7-22/h1-13H,14-19H2,(H,31,34). The largest absolute Gasteiger partial charge is 0.489 e. The lowest BCUT2D eigenvalue weighted by Gasteiger charge is -2.34. The van der Waals surface area contributed by atoms with Gasteiger partial charge in [-0.1, -0.05) is 42.5 Å². The molecular weight excluding hydrogens is 471 g/mol. The zero-order valence-corrected chi connectivity index (χ0v) is 19.5. The molecule has 0 saturated carbocycles. The van der Waals surface area contributed by atoms with Gasteiger partial charge in [0.2, 0.25) is 5.91 Å². The van der Waals surface area contributed by atoms with Gasteiger partial charge in [-0.3, -0.25) is 14.5 Å².